The summed E-state index contributed by atoms with van der Waals surface area (Å²) in [5.41, 5.74) is 0.411. The number of alkyl halides is 6. The lowest BCUT2D eigenvalue weighted by Crippen LogP contribution is -2.45. The van der Waals surface area contributed by atoms with E-state index in [1.165, 1.54) is 6.08 Å². The Kier molecular flexibility index (Phi) is 8.55. The fraction of sp³-hybridized carbons (Fsp3) is 0.385. The number of halogens is 6. The first-order valence-corrected chi connectivity index (χ1v) is 11.7. The van der Waals surface area contributed by atoms with E-state index in [9.17, 15) is 26.3 Å². The first-order valence-electron chi connectivity index (χ1n) is 11.7. The molecule has 1 aliphatic heterocycles. The molecule has 1 N–H and O–H groups in total. The second-order valence-electron chi connectivity index (χ2n) is 8.62. The lowest BCUT2D eigenvalue weighted by atomic mass is 10.1. The summed E-state index contributed by atoms with van der Waals surface area (Å²) in [6, 6.07) is 3.61. The van der Waals surface area contributed by atoms with Crippen LogP contribution in [0.15, 0.2) is 54.4 Å². The van der Waals surface area contributed by atoms with Crippen LogP contribution < -0.4 is 15.6 Å². The molecule has 1 fully saturated rings. The number of rotatable bonds is 6. The second-order valence-corrected chi connectivity index (χ2v) is 8.62. The van der Waals surface area contributed by atoms with Gasteiger partial charge in [-0.15, -0.1) is 0 Å². The van der Waals surface area contributed by atoms with Crippen molar-refractivity contribution in [3.05, 3.63) is 65.1 Å². The third-order valence-corrected chi connectivity index (χ3v) is 6.07. The Balaban J connectivity index is 1.69. The van der Waals surface area contributed by atoms with Crippen LogP contribution in [0.5, 0.6) is 0 Å². The van der Waals surface area contributed by atoms with Gasteiger partial charge in [-0.3, -0.25) is 0 Å². The number of nitrogens with one attached hydrogen (secondary N) is 1. The molecule has 0 saturated carbocycles. The van der Waals surface area contributed by atoms with Crippen LogP contribution in [-0.2, 0) is 0 Å². The summed E-state index contributed by atoms with van der Waals surface area (Å²) >= 11 is 0. The molecular weight excluding hydrogens is 496 g/mol. The second kappa shape index (κ2) is 11.3. The van der Waals surface area contributed by atoms with Crippen LogP contribution in [0, 0.1) is 5.92 Å². The predicted octanol–water partition coefficient (Wildman–Crippen LogP) is 4.95. The minimum atomic E-state index is -4.46. The Morgan fingerprint density at radius 3 is 2.24 bits per heavy atom. The lowest BCUT2D eigenvalue weighted by molar-refractivity contribution is -0.152. The van der Waals surface area contributed by atoms with E-state index in [4.69, 9.17) is 0 Å². The average Bonchev–Trinajstić information content (AvgIpc) is 3.26. The normalized spacial score (nSPS) is 17.7. The number of anilines is 1. The summed E-state index contributed by atoms with van der Waals surface area (Å²) in [7, 11) is 0. The molecule has 1 aliphatic rings. The van der Waals surface area contributed by atoms with Crippen molar-refractivity contribution in [2.45, 2.75) is 33.1 Å². The highest BCUT2D eigenvalue weighted by molar-refractivity contribution is 5.57. The third-order valence-electron chi connectivity index (χ3n) is 6.07. The van der Waals surface area contributed by atoms with Crippen molar-refractivity contribution in [1.82, 2.24) is 19.9 Å². The molecule has 3 heterocycles. The molecule has 2 aromatic rings. The van der Waals surface area contributed by atoms with Crippen molar-refractivity contribution in [2.75, 3.05) is 31.1 Å². The third kappa shape index (κ3) is 7.05. The number of hydrogen-bond donors (Lipinski definition) is 1. The van der Waals surface area contributed by atoms with Crippen LogP contribution >= 0.6 is 0 Å². The van der Waals surface area contributed by atoms with E-state index in [1.54, 1.807) is 38.3 Å². The van der Waals surface area contributed by atoms with Gasteiger partial charge in [0.1, 0.15) is 11.6 Å². The van der Waals surface area contributed by atoms with E-state index in [0.717, 1.165) is 24.9 Å². The van der Waals surface area contributed by atoms with E-state index in [-0.39, 0.29) is 0 Å². The van der Waals surface area contributed by atoms with E-state index < -0.39 is 23.8 Å². The van der Waals surface area contributed by atoms with Crippen molar-refractivity contribution in [3.8, 4) is 11.4 Å². The molecule has 0 aliphatic carbocycles. The van der Waals surface area contributed by atoms with Gasteiger partial charge in [-0.05, 0) is 44.2 Å². The Morgan fingerprint density at radius 1 is 1.05 bits per heavy atom. The maximum absolute atomic E-state index is 13.0. The maximum atomic E-state index is 13.0. The highest BCUT2D eigenvalue weighted by atomic mass is 19.4. The maximum Gasteiger partial charge on any atom is 0.415 e. The van der Waals surface area contributed by atoms with Gasteiger partial charge >= 0.3 is 12.4 Å². The van der Waals surface area contributed by atoms with Crippen LogP contribution in [0.1, 0.15) is 20.8 Å². The summed E-state index contributed by atoms with van der Waals surface area (Å²) in [4.78, 5) is 15.9. The molecule has 0 amide bonds. The van der Waals surface area contributed by atoms with Gasteiger partial charge in [0.05, 0.1) is 16.6 Å². The van der Waals surface area contributed by atoms with Crippen LogP contribution in [0.3, 0.4) is 0 Å². The Morgan fingerprint density at radius 2 is 1.73 bits per heavy atom. The molecular formula is C26H29F6N5. The van der Waals surface area contributed by atoms with Crippen molar-refractivity contribution in [2.24, 2.45) is 5.92 Å². The number of piperazine rings is 1. The van der Waals surface area contributed by atoms with Crippen LogP contribution in [0.2, 0.25) is 0 Å². The summed E-state index contributed by atoms with van der Waals surface area (Å²) in [5, 5.41) is 0.731. The average molecular weight is 526 g/mol. The minimum Gasteiger partial charge on any atom is -0.368 e. The Bertz CT molecular complexity index is 1260. The van der Waals surface area contributed by atoms with Gasteiger partial charge in [-0.25, -0.2) is 9.97 Å². The van der Waals surface area contributed by atoms with Crippen LogP contribution in [0.25, 0.3) is 23.5 Å². The largest absolute Gasteiger partial charge is 0.415 e. The molecule has 11 heteroatoms. The molecule has 5 nitrogen and oxygen atoms in total. The quantitative estimate of drug-likeness (QED) is 0.428. The monoisotopic (exact) mass is 525 g/mol. The lowest BCUT2D eigenvalue weighted by Gasteiger charge is -2.37. The van der Waals surface area contributed by atoms with Gasteiger partial charge < -0.3 is 14.8 Å². The summed E-state index contributed by atoms with van der Waals surface area (Å²) in [5.74, 6) is -0.485. The van der Waals surface area contributed by atoms with Gasteiger partial charge in [-0.2, -0.15) is 26.3 Å². The zero-order valence-corrected chi connectivity index (χ0v) is 20.8. The molecule has 1 saturated heterocycles. The molecule has 37 heavy (non-hydrogen) atoms. The molecule has 0 radical (unpaired) electrons. The first kappa shape index (κ1) is 28.1. The smallest absolute Gasteiger partial charge is 0.368 e. The van der Waals surface area contributed by atoms with E-state index >= 15 is 0 Å². The van der Waals surface area contributed by atoms with Crippen LogP contribution in [0.4, 0.5) is 32.2 Å². The fourth-order valence-corrected chi connectivity index (χ4v) is 3.80. The minimum absolute atomic E-state index is 0.301. The highest BCUT2D eigenvalue weighted by Gasteiger charge is 2.34. The molecule has 3 rings (SSSR count). The summed E-state index contributed by atoms with van der Waals surface area (Å²) in [6.45, 7) is 10.0. The van der Waals surface area contributed by atoms with Crippen molar-refractivity contribution in [3.63, 3.8) is 0 Å². The molecule has 0 bridgehead atoms. The number of nitrogens with zero attached hydrogens (tertiary/aromatic N) is 4. The molecule has 2 aromatic heterocycles. The fourth-order valence-electron chi connectivity index (χ4n) is 3.80. The molecule has 1 unspecified atom stereocenters. The topological polar surface area (TPSA) is 48.0 Å². The van der Waals surface area contributed by atoms with E-state index in [2.05, 4.69) is 26.4 Å². The summed E-state index contributed by atoms with van der Waals surface area (Å²) < 4.78 is 77.1. The number of pyridine rings is 1. The van der Waals surface area contributed by atoms with Crippen molar-refractivity contribution in [1.29, 1.82) is 0 Å². The zero-order valence-electron chi connectivity index (χ0n) is 20.8. The van der Waals surface area contributed by atoms with Crippen molar-refractivity contribution >= 4 is 18.0 Å². The predicted molar refractivity (Wildman–Crippen MR) is 133 cm³/mol. The van der Waals surface area contributed by atoms with Crippen molar-refractivity contribution < 1.29 is 26.3 Å². The van der Waals surface area contributed by atoms with E-state index in [1.807, 2.05) is 11.0 Å². The number of H-pyrrole nitrogens is 1. The molecule has 0 aromatic carbocycles. The van der Waals surface area contributed by atoms with Gasteiger partial charge in [0, 0.05) is 49.2 Å². The Hall–Kier alpha value is -3.50. The van der Waals surface area contributed by atoms with Gasteiger partial charge in [-0.1, -0.05) is 25.7 Å². The number of imidazole rings is 1. The standard InChI is InChI=1S/C26H29F6N5/c1-5-20(9-7-17(3)25(27,28)29)36-11-13-37(14-12-36)23-10-8-19(16-33-23)24-34-21(6-2)22(35-24)15-18(4)26(30,31)32/h5-10,15-16,18H,3,11-14H2,1-2,4H3,(H,34,35)/b9-7-,20-5+,21-6+,22-15+. The highest BCUT2D eigenvalue weighted by Crippen LogP contribution is 2.27. The number of aromatic amines is 1. The van der Waals surface area contributed by atoms with Gasteiger partial charge in [0.15, 0.2) is 0 Å². The molecule has 1 atom stereocenters. The number of hydrogen-bond acceptors (Lipinski definition) is 4. The van der Waals surface area contributed by atoms with Crippen LogP contribution in [-0.4, -0.2) is 58.4 Å². The van der Waals surface area contributed by atoms with Gasteiger partial charge in [0.2, 0.25) is 0 Å². The number of aromatic nitrogens is 3. The van der Waals surface area contributed by atoms with Gasteiger partial charge in [0.25, 0.3) is 0 Å². The molecule has 200 valence electrons. The Labute approximate surface area is 211 Å². The zero-order chi connectivity index (χ0) is 27.4. The SMILES string of the molecule is C=C(/C=C\C(=C/C)N1CCN(c2ccc(-c3nc(=C/C)/c(=C\C(C)C(F)(F)F)[nH]3)cn2)CC1)C(F)(F)F. The summed E-state index contributed by atoms with van der Waals surface area (Å²) in [6.07, 6.45) is -0.278. The molecule has 0 spiro atoms. The van der Waals surface area contributed by atoms with E-state index in [0.29, 0.717) is 54.0 Å². The first-order chi connectivity index (χ1) is 17.3. The number of allylic oxidation sites excluding steroid dienone is 4.